The molecule has 1 heterocycles. The zero-order valence-electron chi connectivity index (χ0n) is 12.4. The van der Waals surface area contributed by atoms with Crippen LogP contribution in [0.3, 0.4) is 0 Å². The fourth-order valence-electron chi connectivity index (χ4n) is 3.23. The average Bonchev–Trinajstić information content (AvgIpc) is 2.87. The molecule has 3 nitrogen and oxygen atoms in total. The van der Waals surface area contributed by atoms with E-state index in [1.165, 1.54) is 25.7 Å². The molecule has 1 aliphatic carbocycles. The van der Waals surface area contributed by atoms with Crippen LogP contribution in [-0.2, 0) is 0 Å². The highest BCUT2D eigenvalue weighted by Gasteiger charge is 2.39. The van der Waals surface area contributed by atoms with Gasteiger partial charge in [0.1, 0.15) is 5.75 Å². The number of rotatable bonds is 6. The lowest BCUT2D eigenvalue weighted by molar-refractivity contribution is 0.214. The van der Waals surface area contributed by atoms with Gasteiger partial charge in [-0.25, -0.2) is 0 Å². The summed E-state index contributed by atoms with van der Waals surface area (Å²) in [6.45, 7) is 5.62. The van der Waals surface area contributed by atoms with Crippen LogP contribution < -0.4 is 10.1 Å². The van der Waals surface area contributed by atoms with Crippen molar-refractivity contribution in [1.82, 2.24) is 10.3 Å². The molecule has 0 aliphatic heterocycles. The zero-order chi connectivity index (χ0) is 13.7. The molecule has 1 N–H and O–H groups in total. The minimum absolute atomic E-state index is 0.297. The number of methoxy groups -OCH3 is 1. The summed E-state index contributed by atoms with van der Waals surface area (Å²) in [7, 11) is 1.73. The van der Waals surface area contributed by atoms with E-state index >= 15 is 0 Å². The second-order valence-corrected chi connectivity index (χ2v) is 5.84. The van der Waals surface area contributed by atoms with Crippen LogP contribution in [0, 0.1) is 5.41 Å². The molecule has 106 valence electrons. The van der Waals surface area contributed by atoms with E-state index in [1.807, 2.05) is 18.3 Å². The normalized spacial score (nSPS) is 19.3. The predicted octanol–water partition coefficient (Wildman–Crippen LogP) is 3.71. The monoisotopic (exact) mass is 262 g/mol. The third kappa shape index (κ3) is 3.08. The first-order chi connectivity index (χ1) is 9.21. The van der Waals surface area contributed by atoms with E-state index in [4.69, 9.17) is 4.74 Å². The molecular weight excluding hydrogens is 236 g/mol. The van der Waals surface area contributed by atoms with Gasteiger partial charge in [-0.05, 0) is 43.4 Å². The van der Waals surface area contributed by atoms with Crippen molar-refractivity contribution in [3.8, 4) is 5.75 Å². The molecule has 19 heavy (non-hydrogen) atoms. The second kappa shape index (κ2) is 6.38. The molecule has 1 saturated carbocycles. The molecule has 0 amide bonds. The van der Waals surface area contributed by atoms with Crippen LogP contribution >= 0.6 is 0 Å². The van der Waals surface area contributed by atoms with Gasteiger partial charge in [0.15, 0.2) is 0 Å². The van der Waals surface area contributed by atoms with E-state index in [2.05, 4.69) is 24.1 Å². The molecule has 3 heteroatoms. The molecule has 1 aromatic rings. The summed E-state index contributed by atoms with van der Waals surface area (Å²) in [4.78, 5) is 4.61. The van der Waals surface area contributed by atoms with Crippen molar-refractivity contribution in [2.75, 3.05) is 13.7 Å². The summed E-state index contributed by atoms with van der Waals surface area (Å²) in [6, 6.07) is 4.25. The first-order valence-corrected chi connectivity index (χ1v) is 7.43. The zero-order valence-corrected chi connectivity index (χ0v) is 12.4. The summed E-state index contributed by atoms with van der Waals surface area (Å²) in [5, 5.41) is 3.70. The Balaban J connectivity index is 2.31. The molecule has 1 atom stereocenters. The van der Waals surface area contributed by atoms with E-state index in [0.717, 1.165) is 24.4 Å². The van der Waals surface area contributed by atoms with Crippen LogP contribution in [0.1, 0.15) is 57.7 Å². The maximum atomic E-state index is 5.51. The number of nitrogens with zero attached hydrogens (tertiary/aromatic N) is 1. The first-order valence-electron chi connectivity index (χ1n) is 7.43. The van der Waals surface area contributed by atoms with Gasteiger partial charge >= 0.3 is 0 Å². The van der Waals surface area contributed by atoms with Gasteiger partial charge in [0.05, 0.1) is 18.8 Å². The van der Waals surface area contributed by atoms with Gasteiger partial charge in [0.2, 0.25) is 0 Å². The smallest absolute Gasteiger partial charge is 0.142 e. The maximum Gasteiger partial charge on any atom is 0.142 e. The molecule has 1 fully saturated rings. The van der Waals surface area contributed by atoms with E-state index in [1.54, 1.807) is 7.11 Å². The number of ether oxygens (including phenoxy) is 1. The summed E-state index contributed by atoms with van der Waals surface area (Å²) in [6.07, 6.45) is 8.21. The summed E-state index contributed by atoms with van der Waals surface area (Å²) >= 11 is 0. The molecule has 0 spiro atoms. The molecule has 0 saturated heterocycles. The van der Waals surface area contributed by atoms with Gasteiger partial charge in [-0.3, -0.25) is 4.98 Å². The minimum atomic E-state index is 0.297. The Labute approximate surface area is 116 Å². The first kappa shape index (κ1) is 14.3. The fourth-order valence-corrected chi connectivity index (χ4v) is 3.23. The van der Waals surface area contributed by atoms with Gasteiger partial charge < -0.3 is 10.1 Å². The quantitative estimate of drug-likeness (QED) is 0.848. The lowest BCUT2D eigenvalue weighted by Gasteiger charge is -2.35. The van der Waals surface area contributed by atoms with Crippen LogP contribution in [0.25, 0.3) is 0 Å². The van der Waals surface area contributed by atoms with Crippen LogP contribution in [0.2, 0.25) is 0 Å². The van der Waals surface area contributed by atoms with Crippen molar-refractivity contribution < 1.29 is 4.74 Å². The Bertz CT molecular complexity index is 399. The van der Waals surface area contributed by atoms with Crippen molar-refractivity contribution in [2.24, 2.45) is 5.41 Å². The number of nitrogens with one attached hydrogen (secondary N) is 1. The highest BCUT2D eigenvalue weighted by Crippen LogP contribution is 2.48. The number of hydrogen-bond donors (Lipinski definition) is 1. The Morgan fingerprint density at radius 1 is 1.42 bits per heavy atom. The molecule has 2 rings (SSSR count). The van der Waals surface area contributed by atoms with E-state index in [9.17, 15) is 0 Å². The van der Waals surface area contributed by atoms with Crippen molar-refractivity contribution in [3.63, 3.8) is 0 Å². The SMILES string of the molecule is CCCNC(c1ncccc1OC)C1(C)CCCC1. The molecule has 0 aromatic carbocycles. The Hall–Kier alpha value is -1.09. The molecular formula is C16H26N2O. The second-order valence-electron chi connectivity index (χ2n) is 5.84. The van der Waals surface area contributed by atoms with Crippen LogP contribution in [0.4, 0.5) is 0 Å². The molecule has 1 aliphatic rings. The molecule has 1 unspecified atom stereocenters. The summed E-state index contributed by atoms with van der Waals surface area (Å²) < 4.78 is 5.51. The van der Waals surface area contributed by atoms with Gasteiger partial charge in [0, 0.05) is 6.20 Å². The lowest BCUT2D eigenvalue weighted by Crippen LogP contribution is -2.35. The number of pyridine rings is 1. The van der Waals surface area contributed by atoms with Gasteiger partial charge in [-0.15, -0.1) is 0 Å². The van der Waals surface area contributed by atoms with Gasteiger partial charge in [0.25, 0.3) is 0 Å². The largest absolute Gasteiger partial charge is 0.495 e. The highest BCUT2D eigenvalue weighted by molar-refractivity contribution is 5.31. The fraction of sp³-hybridized carbons (Fsp3) is 0.688. The van der Waals surface area contributed by atoms with Crippen LogP contribution in [0.15, 0.2) is 18.3 Å². The van der Waals surface area contributed by atoms with Crippen LogP contribution in [-0.4, -0.2) is 18.6 Å². The van der Waals surface area contributed by atoms with Gasteiger partial charge in [-0.2, -0.15) is 0 Å². The van der Waals surface area contributed by atoms with Gasteiger partial charge in [-0.1, -0.05) is 26.7 Å². The Morgan fingerprint density at radius 3 is 2.79 bits per heavy atom. The Kier molecular flexibility index (Phi) is 4.81. The minimum Gasteiger partial charge on any atom is -0.495 e. The summed E-state index contributed by atoms with van der Waals surface area (Å²) in [5.74, 6) is 0.907. The predicted molar refractivity (Wildman–Crippen MR) is 78.4 cm³/mol. The summed E-state index contributed by atoms with van der Waals surface area (Å²) in [5.41, 5.74) is 1.37. The van der Waals surface area contributed by atoms with Crippen LogP contribution in [0.5, 0.6) is 5.75 Å². The van der Waals surface area contributed by atoms with Crippen molar-refractivity contribution in [2.45, 2.75) is 52.0 Å². The molecule has 0 bridgehead atoms. The standard InChI is InChI=1S/C16H26N2O/c1-4-11-18-15(16(2)9-5-6-10-16)14-13(19-3)8-7-12-17-14/h7-8,12,15,18H,4-6,9-11H2,1-3H3. The van der Waals surface area contributed by atoms with Crippen molar-refractivity contribution >= 4 is 0 Å². The lowest BCUT2D eigenvalue weighted by atomic mass is 9.78. The van der Waals surface area contributed by atoms with Crippen molar-refractivity contribution in [3.05, 3.63) is 24.0 Å². The Morgan fingerprint density at radius 2 is 2.16 bits per heavy atom. The molecule has 0 radical (unpaired) electrons. The number of hydrogen-bond acceptors (Lipinski definition) is 3. The number of aromatic nitrogens is 1. The third-order valence-electron chi connectivity index (χ3n) is 4.33. The topological polar surface area (TPSA) is 34.2 Å². The average molecular weight is 262 g/mol. The van der Waals surface area contributed by atoms with E-state index < -0.39 is 0 Å². The maximum absolute atomic E-state index is 5.51. The van der Waals surface area contributed by atoms with E-state index in [0.29, 0.717) is 11.5 Å². The molecule has 1 aromatic heterocycles. The highest BCUT2D eigenvalue weighted by atomic mass is 16.5. The third-order valence-corrected chi connectivity index (χ3v) is 4.33. The van der Waals surface area contributed by atoms with E-state index in [-0.39, 0.29) is 0 Å². The van der Waals surface area contributed by atoms with Crippen molar-refractivity contribution in [1.29, 1.82) is 0 Å².